The first-order valence-electron chi connectivity index (χ1n) is 7.57. The van der Waals surface area contributed by atoms with E-state index in [0.29, 0.717) is 18.1 Å². The zero-order chi connectivity index (χ0) is 14.4. The summed E-state index contributed by atoms with van der Waals surface area (Å²) < 4.78 is 5.60. The average molecular weight is 276 g/mol. The largest absolute Gasteiger partial charge is 0.466 e. The second-order valence-corrected chi connectivity index (χ2v) is 6.39. The van der Waals surface area contributed by atoms with Gasteiger partial charge in [-0.1, -0.05) is 0 Å². The normalized spacial score (nSPS) is 28.7. The molecule has 2 aliphatic heterocycles. The number of nitrogens with one attached hydrogen (secondary N) is 1. The number of rotatable bonds is 2. The van der Waals surface area contributed by atoms with E-state index in [1.807, 2.05) is 32.7 Å². The van der Waals surface area contributed by atoms with Crippen LogP contribution in [0.5, 0.6) is 0 Å². The van der Waals surface area contributed by atoms with Gasteiger partial charge >= 0.3 is 0 Å². The molecule has 20 heavy (non-hydrogen) atoms. The van der Waals surface area contributed by atoms with Crippen molar-refractivity contribution in [1.29, 1.82) is 0 Å². The SMILES string of the molecule is Cc1oc(C)c(C(=O)N(C)C2CC3CCC(C2)N3)c1C. The highest BCUT2D eigenvalue weighted by atomic mass is 16.3. The van der Waals surface area contributed by atoms with Crippen LogP contribution in [0.25, 0.3) is 0 Å². The van der Waals surface area contributed by atoms with E-state index < -0.39 is 0 Å². The Hall–Kier alpha value is -1.29. The predicted molar refractivity (Wildman–Crippen MR) is 78.0 cm³/mol. The molecule has 0 spiro atoms. The molecule has 1 amide bonds. The van der Waals surface area contributed by atoms with Crippen LogP contribution in [0.1, 0.15) is 53.1 Å². The molecule has 0 radical (unpaired) electrons. The molecule has 2 saturated heterocycles. The van der Waals surface area contributed by atoms with E-state index in [-0.39, 0.29) is 5.91 Å². The molecule has 4 nitrogen and oxygen atoms in total. The third-order valence-electron chi connectivity index (χ3n) is 5.09. The van der Waals surface area contributed by atoms with E-state index >= 15 is 0 Å². The van der Waals surface area contributed by atoms with Gasteiger partial charge in [-0.2, -0.15) is 0 Å². The van der Waals surface area contributed by atoms with Crippen LogP contribution in [0.4, 0.5) is 0 Å². The molecular formula is C16H24N2O2. The smallest absolute Gasteiger partial charge is 0.257 e. The Morgan fingerprint density at radius 3 is 2.25 bits per heavy atom. The highest BCUT2D eigenvalue weighted by molar-refractivity contribution is 5.96. The number of aryl methyl sites for hydroxylation is 2. The van der Waals surface area contributed by atoms with Crippen molar-refractivity contribution in [1.82, 2.24) is 10.2 Å². The molecular weight excluding hydrogens is 252 g/mol. The van der Waals surface area contributed by atoms with Gasteiger partial charge in [0.25, 0.3) is 5.91 Å². The van der Waals surface area contributed by atoms with Crippen molar-refractivity contribution in [3.8, 4) is 0 Å². The summed E-state index contributed by atoms with van der Waals surface area (Å²) >= 11 is 0. The van der Waals surface area contributed by atoms with Crippen molar-refractivity contribution in [3.63, 3.8) is 0 Å². The van der Waals surface area contributed by atoms with Gasteiger partial charge in [0.2, 0.25) is 0 Å². The van der Waals surface area contributed by atoms with Gasteiger partial charge in [0.1, 0.15) is 11.5 Å². The number of nitrogens with zero attached hydrogens (tertiary/aromatic N) is 1. The first kappa shape index (κ1) is 13.7. The number of carbonyl (C=O) groups is 1. The highest BCUT2D eigenvalue weighted by Crippen LogP contribution is 2.31. The average Bonchev–Trinajstić information content (AvgIpc) is 2.88. The standard InChI is InChI=1S/C16H24N2O2/c1-9-10(2)20-11(3)15(9)16(19)18(4)14-7-12-5-6-13(8-14)17-12/h12-14,17H,5-8H2,1-4H3. The summed E-state index contributed by atoms with van der Waals surface area (Å²) in [5, 5.41) is 3.62. The third kappa shape index (κ3) is 2.16. The van der Waals surface area contributed by atoms with Gasteiger partial charge in [0.15, 0.2) is 0 Å². The van der Waals surface area contributed by atoms with Crippen LogP contribution in [0.15, 0.2) is 4.42 Å². The monoisotopic (exact) mass is 276 g/mol. The molecule has 3 rings (SSSR count). The van der Waals surface area contributed by atoms with E-state index in [0.717, 1.165) is 35.5 Å². The number of hydrogen-bond donors (Lipinski definition) is 1. The van der Waals surface area contributed by atoms with Gasteiger partial charge in [0.05, 0.1) is 5.56 Å². The fraction of sp³-hybridized carbons (Fsp3) is 0.688. The van der Waals surface area contributed by atoms with Crippen LogP contribution in [-0.2, 0) is 0 Å². The molecule has 2 fully saturated rings. The minimum atomic E-state index is 0.114. The minimum absolute atomic E-state index is 0.114. The van der Waals surface area contributed by atoms with Gasteiger partial charge in [-0.05, 0) is 46.5 Å². The molecule has 1 N–H and O–H groups in total. The molecule has 2 bridgehead atoms. The zero-order valence-electron chi connectivity index (χ0n) is 12.8. The first-order valence-corrected chi connectivity index (χ1v) is 7.57. The quantitative estimate of drug-likeness (QED) is 0.903. The Morgan fingerprint density at radius 1 is 1.15 bits per heavy atom. The van der Waals surface area contributed by atoms with Crippen molar-refractivity contribution >= 4 is 5.91 Å². The van der Waals surface area contributed by atoms with Gasteiger partial charge < -0.3 is 14.6 Å². The summed E-state index contributed by atoms with van der Waals surface area (Å²) in [6.45, 7) is 5.77. The lowest BCUT2D eigenvalue weighted by atomic mass is 9.97. The number of fused-ring (bicyclic) bond motifs is 2. The third-order valence-corrected chi connectivity index (χ3v) is 5.09. The molecule has 4 heteroatoms. The van der Waals surface area contributed by atoms with Crippen LogP contribution in [0.3, 0.4) is 0 Å². The number of furan rings is 1. The summed E-state index contributed by atoms with van der Waals surface area (Å²) in [6.07, 6.45) is 4.67. The van der Waals surface area contributed by atoms with Gasteiger partial charge in [-0.25, -0.2) is 0 Å². The van der Waals surface area contributed by atoms with Crippen LogP contribution in [-0.4, -0.2) is 36.0 Å². The van der Waals surface area contributed by atoms with E-state index in [1.165, 1.54) is 12.8 Å². The van der Waals surface area contributed by atoms with Gasteiger partial charge in [-0.15, -0.1) is 0 Å². The molecule has 2 atom stereocenters. The van der Waals surface area contributed by atoms with Gasteiger partial charge in [-0.3, -0.25) is 4.79 Å². The Morgan fingerprint density at radius 2 is 1.75 bits per heavy atom. The van der Waals surface area contributed by atoms with E-state index in [2.05, 4.69) is 5.32 Å². The molecule has 110 valence electrons. The van der Waals surface area contributed by atoms with Crippen LogP contribution < -0.4 is 5.32 Å². The first-order chi connectivity index (χ1) is 9.47. The van der Waals surface area contributed by atoms with E-state index in [4.69, 9.17) is 4.42 Å². The van der Waals surface area contributed by atoms with Crippen molar-refractivity contribution in [3.05, 3.63) is 22.6 Å². The molecule has 2 unspecified atom stereocenters. The summed E-state index contributed by atoms with van der Waals surface area (Å²) in [7, 11) is 1.94. The summed E-state index contributed by atoms with van der Waals surface area (Å²) in [5.74, 6) is 1.71. The Bertz CT molecular complexity index is 523. The molecule has 3 heterocycles. The number of hydrogen-bond acceptors (Lipinski definition) is 3. The Balaban J connectivity index is 1.80. The topological polar surface area (TPSA) is 45.5 Å². The van der Waals surface area contributed by atoms with Crippen LogP contribution in [0.2, 0.25) is 0 Å². The lowest BCUT2D eigenvalue weighted by Crippen LogP contribution is -2.48. The summed E-state index contributed by atoms with van der Waals surface area (Å²) in [4.78, 5) is 14.7. The maximum absolute atomic E-state index is 12.8. The maximum Gasteiger partial charge on any atom is 0.257 e. The summed E-state index contributed by atoms with van der Waals surface area (Å²) in [6, 6.07) is 1.56. The van der Waals surface area contributed by atoms with E-state index in [9.17, 15) is 4.79 Å². The zero-order valence-corrected chi connectivity index (χ0v) is 12.8. The van der Waals surface area contributed by atoms with Gasteiger partial charge in [0, 0.05) is 30.7 Å². The van der Waals surface area contributed by atoms with Crippen LogP contribution in [0, 0.1) is 20.8 Å². The minimum Gasteiger partial charge on any atom is -0.466 e. The van der Waals surface area contributed by atoms with Crippen LogP contribution >= 0.6 is 0 Å². The summed E-state index contributed by atoms with van der Waals surface area (Å²) in [5.41, 5.74) is 1.74. The maximum atomic E-state index is 12.8. The number of piperidine rings is 1. The fourth-order valence-electron chi connectivity index (χ4n) is 3.79. The lowest BCUT2D eigenvalue weighted by molar-refractivity contribution is 0.0679. The molecule has 0 saturated carbocycles. The number of carbonyl (C=O) groups excluding carboxylic acids is 1. The lowest BCUT2D eigenvalue weighted by Gasteiger charge is -2.35. The molecule has 2 aliphatic rings. The predicted octanol–water partition coefficient (Wildman–Crippen LogP) is 2.56. The molecule has 0 aromatic carbocycles. The van der Waals surface area contributed by atoms with Crippen molar-refractivity contribution in [2.24, 2.45) is 0 Å². The second kappa shape index (κ2) is 4.92. The second-order valence-electron chi connectivity index (χ2n) is 6.39. The molecule has 1 aromatic rings. The Kier molecular flexibility index (Phi) is 3.36. The van der Waals surface area contributed by atoms with E-state index in [1.54, 1.807) is 0 Å². The fourth-order valence-corrected chi connectivity index (χ4v) is 3.79. The highest BCUT2D eigenvalue weighted by Gasteiger charge is 2.37. The molecule has 0 aliphatic carbocycles. The van der Waals surface area contributed by atoms with Crippen molar-refractivity contribution in [2.45, 2.75) is 64.6 Å². The van der Waals surface area contributed by atoms with Crippen molar-refractivity contribution in [2.75, 3.05) is 7.05 Å². The molecule has 1 aromatic heterocycles. The van der Waals surface area contributed by atoms with Crippen molar-refractivity contribution < 1.29 is 9.21 Å². The Labute approximate surface area is 120 Å². The number of amides is 1.